The van der Waals surface area contributed by atoms with Crippen LogP contribution in [0, 0.1) is 5.92 Å². The topological polar surface area (TPSA) is 64.4 Å². The average molecular weight is 476 g/mol. The molecule has 3 aliphatic rings. The Morgan fingerprint density at radius 2 is 2.09 bits per heavy atom. The molecule has 2 aromatic heterocycles. The van der Waals surface area contributed by atoms with Gasteiger partial charge in [0.2, 0.25) is 5.91 Å². The van der Waals surface area contributed by atoms with Gasteiger partial charge in [0, 0.05) is 24.6 Å². The predicted molar refractivity (Wildman–Crippen MR) is 130 cm³/mol. The van der Waals surface area contributed by atoms with Crippen LogP contribution in [0.15, 0.2) is 9.95 Å². The SMILES string of the molecule is CCCN(CC1CC1)C(=O)CSc1nc2sc3c(c2c(=O)n1C[C@@H]1CCCO1)CCCC3. The molecule has 1 saturated carbocycles. The summed E-state index contributed by atoms with van der Waals surface area (Å²) in [4.78, 5) is 35.8. The molecule has 8 heteroatoms. The smallest absolute Gasteiger partial charge is 0.263 e. The quantitative estimate of drug-likeness (QED) is 0.401. The van der Waals surface area contributed by atoms with Crippen molar-refractivity contribution in [3.05, 3.63) is 20.8 Å². The van der Waals surface area contributed by atoms with Gasteiger partial charge in [-0.2, -0.15) is 0 Å². The number of carbonyl (C=O) groups is 1. The van der Waals surface area contributed by atoms with Crippen LogP contribution < -0.4 is 5.56 Å². The largest absolute Gasteiger partial charge is 0.376 e. The molecule has 0 radical (unpaired) electrons. The van der Waals surface area contributed by atoms with Gasteiger partial charge >= 0.3 is 0 Å². The summed E-state index contributed by atoms with van der Waals surface area (Å²) >= 11 is 3.11. The fourth-order valence-corrected chi connectivity index (χ4v) is 7.11. The van der Waals surface area contributed by atoms with Crippen LogP contribution >= 0.6 is 23.1 Å². The molecule has 174 valence electrons. The summed E-state index contributed by atoms with van der Waals surface area (Å²) in [6.07, 6.45) is 9.88. The van der Waals surface area contributed by atoms with Gasteiger partial charge in [-0.25, -0.2) is 4.98 Å². The summed E-state index contributed by atoms with van der Waals surface area (Å²) in [7, 11) is 0. The molecule has 0 bridgehead atoms. The molecule has 0 unspecified atom stereocenters. The number of hydrogen-bond acceptors (Lipinski definition) is 6. The number of nitrogens with zero attached hydrogens (tertiary/aromatic N) is 3. The summed E-state index contributed by atoms with van der Waals surface area (Å²) in [5, 5.41) is 1.49. The minimum atomic E-state index is 0.0583. The lowest BCUT2D eigenvalue weighted by molar-refractivity contribution is -0.128. The summed E-state index contributed by atoms with van der Waals surface area (Å²) < 4.78 is 7.66. The fourth-order valence-electron chi connectivity index (χ4n) is 4.90. The lowest BCUT2D eigenvalue weighted by Gasteiger charge is -2.22. The standard InChI is InChI=1S/C24H33N3O3S2/c1-2-11-26(13-16-9-10-16)20(28)15-31-24-25-22-21(18-7-3-4-8-19(18)32-22)23(29)27(24)14-17-6-5-12-30-17/h16-17H,2-15H2,1H3/t17-/m0/s1. The van der Waals surface area contributed by atoms with Crippen LogP contribution in [-0.4, -0.2) is 51.9 Å². The first-order valence-corrected chi connectivity index (χ1v) is 14.0. The van der Waals surface area contributed by atoms with Crippen LogP contribution in [0.2, 0.25) is 0 Å². The van der Waals surface area contributed by atoms with Gasteiger partial charge in [-0.05, 0) is 69.3 Å². The number of carbonyl (C=O) groups excluding carboxylic acids is 1. The van der Waals surface area contributed by atoms with Crippen LogP contribution in [0.3, 0.4) is 0 Å². The molecule has 32 heavy (non-hydrogen) atoms. The molecule has 0 N–H and O–H groups in total. The molecule has 6 nitrogen and oxygen atoms in total. The lowest BCUT2D eigenvalue weighted by atomic mass is 9.97. The Kier molecular flexibility index (Phi) is 6.90. The zero-order chi connectivity index (χ0) is 22.1. The summed E-state index contributed by atoms with van der Waals surface area (Å²) in [6, 6.07) is 0. The Morgan fingerprint density at radius 3 is 2.84 bits per heavy atom. The van der Waals surface area contributed by atoms with Crippen molar-refractivity contribution in [3.63, 3.8) is 0 Å². The van der Waals surface area contributed by atoms with Gasteiger partial charge in [0.25, 0.3) is 5.56 Å². The molecule has 2 aliphatic carbocycles. The van der Waals surface area contributed by atoms with Crippen LogP contribution in [0.25, 0.3) is 10.2 Å². The maximum absolute atomic E-state index is 13.7. The summed E-state index contributed by atoms with van der Waals surface area (Å²) in [5.74, 6) is 1.17. The molecular weight excluding hydrogens is 442 g/mol. The second-order valence-electron chi connectivity index (χ2n) is 9.41. The van der Waals surface area contributed by atoms with Crippen molar-refractivity contribution in [2.75, 3.05) is 25.4 Å². The van der Waals surface area contributed by atoms with Gasteiger partial charge in [0.05, 0.1) is 23.8 Å². The van der Waals surface area contributed by atoms with E-state index in [9.17, 15) is 9.59 Å². The fraction of sp³-hybridized carbons (Fsp3) is 0.708. The van der Waals surface area contributed by atoms with E-state index in [-0.39, 0.29) is 17.6 Å². The monoisotopic (exact) mass is 475 g/mol. The van der Waals surface area contributed by atoms with E-state index in [2.05, 4.69) is 6.92 Å². The van der Waals surface area contributed by atoms with Gasteiger partial charge in [-0.1, -0.05) is 18.7 Å². The van der Waals surface area contributed by atoms with Crippen molar-refractivity contribution >= 4 is 39.2 Å². The van der Waals surface area contributed by atoms with Crippen molar-refractivity contribution in [2.24, 2.45) is 5.92 Å². The van der Waals surface area contributed by atoms with Gasteiger partial charge in [-0.15, -0.1) is 11.3 Å². The van der Waals surface area contributed by atoms with E-state index in [0.29, 0.717) is 23.4 Å². The molecule has 1 aliphatic heterocycles. The second kappa shape index (κ2) is 9.85. The number of amides is 1. The zero-order valence-corrected chi connectivity index (χ0v) is 20.6. The highest BCUT2D eigenvalue weighted by Crippen LogP contribution is 2.35. The number of thiophene rings is 1. The van der Waals surface area contributed by atoms with Crippen LogP contribution in [-0.2, 0) is 28.9 Å². The Hall–Kier alpha value is -1.38. The van der Waals surface area contributed by atoms with E-state index in [0.717, 1.165) is 68.4 Å². The van der Waals surface area contributed by atoms with E-state index < -0.39 is 0 Å². The van der Waals surface area contributed by atoms with Crippen molar-refractivity contribution < 1.29 is 9.53 Å². The highest BCUT2D eigenvalue weighted by molar-refractivity contribution is 7.99. The first kappa shape index (κ1) is 22.4. The maximum atomic E-state index is 13.7. The van der Waals surface area contributed by atoms with Gasteiger partial charge < -0.3 is 9.64 Å². The first-order valence-electron chi connectivity index (χ1n) is 12.2. The minimum Gasteiger partial charge on any atom is -0.376 e. The van der Waals surface area contributed by atoms with E-state index in [1.54, 1.807) is 11.3 Å². The van der Waals surface area contributed by atoms with E-state index in [4.69, 9.17) is 9.72 Å². The summed E-state index contributed by atoms with van der Waals surface area (Å²) in [6.45, 7) is 5.09. The number of hydrogen-bond donors (Lipinski definition) is 0. The normalized spacial score (nSPS) is 20.6. The van der Waals surface area contributed by atoms with Crippen molar-refractivity contribution in [3.8, 4) is 0 Å². The van der Waals surface area contributed by atoms with Crippen molar-refractivity contribution in [1.29, 1.82) is 0 Å². The molecule has 5 rings (SSSR count). The average Bonchev–Trinajstić information content (AvgIpc) is 3.31. The molecule has 1 saturated heterocycles. The zero-order valence-electron chi connectivity index (χ0n) is 18.9. The predicted octanol–water partition coefficient (Wildman–Crippen LogP) is 4.26. The van der Waals surface area contributed by atoms with Crippen molar-refractivity contribution in [1.82, 2.24) is 14.5 Å². The van der Waals surface area contributed by atoms with E-state index in [1.807, 2.05) is 9.47 Å². The highest BCUT2D eigenvalue weighted by Gasteiger charge is 2.28. The second-order valence-corrected chi connectivity index (χ2v) is 11.4. The number of fused-ring (bicyclic) bond motifs is 3. The lowest BCUT2D eigenvalue weighted by Crippen LogP contribution is -2.35. The van der Waals surface area contributed by atoms with Crippen LogP contribution in [0.5, 0.6) is 0 Å². The Balaban J connectivity index is 1.43. The Morgan fingerprint density at radius 1 is 1.25 bits per heavy atom. The van der Waals surface area contributed by atoms with E-state index >= 15 is 0 Å². The molecule has 2 aromatic rings. The van der Waals surface area contributed by atoms with Crippen LogP contribution in [0.4, 0.5) is 0 Å². The van der Waals surface area contributed by atoms with Crippen molar-refractivity contribution in [2.45, 2.75) is 82.5 Å². The molecule has 3 heterocycles. The van der Waals surface area contributed by atoms with E-state index in [1.165, 1.54) is 41.5 Å². The molecular formula is C24H33N3O3S2. The number of aryl methyl sites for hydroxylation is 2. The van der Waals surface area contributed by atoms with Crippen LogP contribution in [0.1, 0.15) is 62.3 Å². The third-order valence-corrected chi connectivity index (χ3v) is 8.94. The highest BCUT2D eigenvalue weighted by atomic mass is 32.2. The number of rotatable bonds is 9. The minimum absolute atomic E-state index is 0.0583. The molecule has 1 atom stereocenters. The molecule has 1 amide bonds. The maximum Gasteiger partial charge on any atom is 0.263 e. The summed E-state index contributed by atoms with van der Waals surface area (Å²) in [5.41, 5.74) is 1.28. The first-order chi connectivity index (χ1) is 15.6. The molecule has 2 fully saturated rings. The number of ether oxygens (including phenoxy) is 1. The van der Waals surface area contributed by atoms with Gasteiger partial charge in [-0.3, -0.25) is 14.2 Å². The van der Waals surface area contributed by atoms with Gasteiger partial charge in [0.1, 0.15) is 4.83 Å². The van der Waals surface area contributed by atoms with Gasteiger partial charge in [0.15, 0.2) is 5.16 Å². The molecule has 0 spiro atoms. The Bertz CT molecular complexity index is 1040. The number of thioether (sulfide) groups is 1. The molecule has 0 aromatic carbocycles. The number of aromatic nitrogens is 2. The Labute approximate surface area is 197 Å². The third-order valence-electron chi connectivity index (χ3n) is 6.80. The third kappa shape index (κ3) is 4.77.